The van der Waals surface area contributed by atoms with Gasteiger partial charge in [-0.1, -0.05) is 47.1 Å². The Morgan fingerprint density at radius 1 is 1.00 bits per heavy atom. The van der Waals surface area contributed by atoms with Crippen LogP contribution >= 0.6 is 0 Å². The minimum absolute atomic E-state index is 0.439. The molecule has 0 amide bonds. The first-order valence-corrected chi connectivity index (χ1v) is 5.99. The molecule has 3 aromatic rings. The summed E-state index contributed by atoms with van der Waals surface area (Å²) in [6.45, 7) is 2.04. The lowest BCUT2D eigenvalue weighted by atomic mass is 10.1. The van der Waals surface area contributed by atoms with Crippen LogP contribution in [0.15, 0.2) is 53.1 Å². The molecular weight excluding hydrogens is 238 g/mol. The molecule has 0 saturated carbocycles. The number of benzene rings is 2. The Labute approximate surface area is 110 Å². The summed E-state index contributed by atoms with van der Waals surface area (Å²) in [5.74, 6) is 1.01. The van der Waals surface area contributed by atoms with Gasteiger partial charge in [0.05, 0.1) is 5.56 Å². The lowest BCUT2D eigenvalue weighted by Gasteiger charge is -1.98. The fourth-order valence-electron chi connectivity index (χ4n) is 1.84. The minimum Gasteiger partial charge on any atom is -0.398 e. The van der Waals surface area contributed by atoms with Crippen molar-refractivity contribution in [1.82, 2.24) is 10.1 Å². The van der Waals surface area contributed by atoms with Crippen LogP contribution in [0.3, 0.4) is 0 Å². The van der Waals surface area contributed by atoms with Gasteiger partial charge in [-0.05, 0) is 19.1 Å². The molecule has 0 bridgehead atoms. The fourth-order valence-corrected chi connectivity index (χ4v) is 1.84. The Bertz CT molecular complexity index is 701. The lowest BCUT2D eigenvalue weighted by Crippen LogP contribution is -1.89. The summed E-state index contributed by atoms with van der Waals surface area (Å²) >= 11 is 0. The number of nitrogens with two attached hydrogens (primary N) is 1. The monoisotopic (exact) mass is 251 g/mol. The molecule has 2 N–H and O–H groups in total. The summed E-state index contributed by atoms with van der Waals surface area (Å²) in [4.78, 5) is 4.38. The molecule has 94 valence electrons. The average molecular weight is 251 g/mol. The van der Waals surface area contributed by atoms with Gasteiger partial charge >= 0.3 is 0 Å². The SMILES string of the molecule is Cc1ccc(-c2noc(-c3ccccc3N)n2)cc1. The van der Waals surface area contributed by atoms with Gasteiger partial charge in [0.1, 0.15) is 0 Å². The number of hydrogen-bond acceptors (Lipinski definition) is 4. The smallest absolute Gasteiger partial charge is 0.260 e. The summed E-state index contributed by atoms with van der Waals surface area (Å²) in [6.07, 6.45) is 0. The van der Waals surface area contributed by atoms with Crippen LogP contribution in [0.5, 0.6) is 0 Å². The standard InChI is InChI=1S/C15H13N3O/c1-10-6-8-11(9-7-10)14-17-15(19-18-14)12-4-2-3-5-13(12)16/h2-9H,16H2,1H3. The van der Waals surface area contributed by atoms with Crippen LogP contribution in [0.25, 0.3) is 22.8 Å². The number of anilines is 1. The zero-order chi connectivity index (χ0) is 13.2. The number of aryl methyl sites for hydroxylation is 1. The zero-order valence-corrected chi connectivity index (χ0v) is 10.5. The largest absolute Gasteiger partial charge is 0.398 e. The summed E-state index contributed by atoms with van der Waals surface area (Å²) in [6, 6.07) is 15.4. The molecule has 0 aliphatic carbocycles. The molecule has 0 radical (unpaired) electrons. The molecule has 0 aliphatic rings. The molecule has 0 fully saturated rings. The molecular formula is C15H13N3O. The molecule has 2 aromatic carbocycles. The molecule has 0 saturated heterocycles. The highest BCUT2D eigenvalue weighted by atomic mass is 16.5. The molecule has 19 heavy (non-hydrogen) atoms. The van der Waals surface area contributed by atoms with Crippen LogP contribution in [0.2, 0.25) is 0 Å². The maximum atomic E-state index is 5.89. The van der Waals surface area contributed by atoms with E-state index in [1.54, 1.807) is 0 Å². The van der Waals surface area contributed by atoms with Crippen molar-refractivity contribution >= 4 is 5.69 Å². The Morgan fingerprint density at radius 2 is 1.74 bits per heavy atom. The fraction of sp³-hybridized carbons (Fsp3) is 0.0667. The minimum atomic E-state index is 0.439. The number of hydrogen-bond donors (Lipinski definition) is 1. The highest BCUT2D eigenvalue weighted by Crippen LogP contribution is 2.26. The predicted molar refractivity (Wildman–Crippen MR) is 74.3 cm³/mol. The molecule has 4 heteroatoms. The number of rotatable bonds is 2. The first-order chi connectivity index (χ1) is 9.24. The first-order valence-electron chi connectivity index (χ1n) is 5.99. The van der Waals surface area contributed by atoms with E-state index in [0.29, 0.717) is 17.4 Å². The molecule has 4 nitrogen and oxygen atoms in total. The van der Waals surface area contributed by atoms with Crippen molar-refractivity contribution in [2.45, 2.75) is 6.92 Å². The Hall–Kier alpha value is -2.62. The third-order valence-electron chi connectivity index (χ3n) is 2.93. The average Bonchev–Trinajstić information content (AvgIpc) is 2.89. The van der Waals surface area contributed by atoms with Crippen LogP contribution in [-0.4, -0.2) is 10.1 Å². The second-order valence-corrected chi connectivity index (χ2v) is 4.38. The van der Waals surface area contributed by atoms with Gasteiger partial charge in [-0.25, -0.2) is 0 Å². The molecule has 0 atom stereocenters. The predicted octanol–water partition coefficient (Wildman–Crippen LogP) is 3.29. The van der Waals surface area contributed by atoms with E-state index in [1.165, 1.54) is 5.56 Å². The molecule has 0 aliphatic heterocycles. The molecule has 1 aromatic heterocycles. The number of para-hydroxylation sites is 1. The van der Waals surface area contributed by atoms with Crippen molar-refractivity contribution in [3.63, 3.8) is 0 Å². The van der Waals surface area contributed by atoms with E-state index in [4.69, 9.17) is 10.3 Å². The van der Waals surface area contributed by atoms with Gasteiger partial charge < -0.3 is 10.3 Å². The maximum absolute atomic E-state index is 5.89. The molecule has 1 heterocycles. The summed E-state index contributed by atoms with van der Waals surface area (Å²) in [5, 5.41) is 3.99. The van der Waals surface area contributed by atoms with Crippen molar-refractivity contribution in [3.8, 4) is 22.8 Å². The van der Waals surface area contributed by atoms with Crippen LogP contribution in [0, 0.1) is 6.92 Å². The number of nitrogens with zero attached hydrogens (tertiary/aromatic N) is 2. The summed E-state index contributed by atoms with van der Waals surface area (Å²) < 4.78 is 5.28. The van der Waals surface area contributed by atoms with Gasteiger partial charge in [0.2, 0.25) is 5.82 Å². The van der Waals surface area contributed by atoms with Crippen molar-refractivity contribution in [1.29, 1.82) is 0 Å². The highest BCUT2D eigenvalue weighted by molar-refractivity contribution is 5.71. The van der Waals surface area contributed by atoms with E-state index in [-0.39, 0.29) is 0 Å². The molecule has 0 unspecified atom stereocenters. The maximum Gasteiger partial charge on any atom is 0.260 e. The van der Waals surface area contributed by atoms with E-state index in [9.17, 15) is 0 Å². The zero-order valence-electron chi connectivity index (χ0n) is 10.5. The normalized spacial score (nSPS) is 10.6. The molecule has 3 rings (SSSR count). The van der Waals surface area contributed by atoms with Crippen molar-refractivity contribution in [2.24, 2.45) is 0 Å². The van der Waals surface area contributed by atoms with Crippen LogP contribution in [0.1, 0.15) is 5.56 Å². The van der Waals surface area contributed by atoms with Crippen molar-refractivity contribution < 1.29 is 4.52 Å². The first kappa shape index (κ1) is 11.5. The second kappa shape index (κ2) is 4.57. The Kier molecular flexibility index (Phi) is 2.76. The lowest BCUT2D eigenvalue weighted by molar-refractivity contribution is 0.432. The van der Waals surface area contributed by atoms with Gasteiger partial charge in [-0.15, -0.1) is 0 Å². The Balaban J connectivity index is 2.00. The van der Waals surface area contributed by atoms with E-state index in [2.05, 4.69) is 10.1 Å². The van der Waals surface area contributed by atoms with E-state index < -0.39 is 0 Å². The third-order valence-corrected chi connectivity index (χ3v) is 2.93. The third kappa shape index (κ3) is 2.20. The van der Waals surface area contributed by atoms with E-state index in [1.807, 2.05) is 55.5 Å². The van der Waals surface area contributed by atoms with Gasteiger partial charge in [-0.3, -0.25) is 0 Å². The summed E-state index contributed by atoms with van der Waals surface area (Å²) in [5.41, 5.74) is 9.40. The number of nitrogen functional groups attached to an aromatic ring is 1. The molecule has 0 spiro atoms. The van der Waals surface area contributed by atoms with Crippen molar-refractivity contribution in [2.75, 3.05) is 5.73 Å². The second-order valence-electron chi connectivity index (χ2n) is 4.38. The van der Waals surface area contributed by atoms with Crippen LogP contribution in [0.4, 0.5) is 5.69 Å². The highest BCUT2D eigenvalue weighted by Gasteiger charge is 2.12. The quantitative estimate of drug-likeness (QED) is 0.710. The van der Waals surface area contributed by atoms with Crippen LogP contribution in [-0.2, 0) is 0 Å². The van der Waals surface area contributed by atoms with Crippen molar-refractivity contribution in [3.05, 3.63) is 54.1 Å². The van der Waals surface area contributed by atoms with Crippen LogP contribution < -0.4 is 5.73 Å². The summed E-state index contributed by atoms with van der Waals surface area (Å²) in [7, 11) is 0. The van der Waals surface area contributed by atoms with Gasteiger partial charge in [0.15, 0.2) is 0 Å². The van der Waals surface area contributed by atoms with Gasteiger partial charge in [-0.2, -0.15) is 4.98 Å². The topological polar surface area (TPSA) is 64.9 Å². The van der Waals surface area contributed by atoms with E-state index >= 15 is 0 Å². The van der Waals surface area contributed by atoms with E-state index in [0.717, 1.165) is 11.1 Å². The number of aromatic nitrogens is 2. The van der Waals surface area contributed by atoms with Gasteiger partial charge in [0.25, 0.3) is 5.89 Å². The Morgan fingerprint density at radius 3 is 2.47 bits per heavy atom. The van der Waals surface area contributed by atoms with Gasteiger partial charge in [0, 0.05) is 11.3 Å².